The third-order valence-electron chi connectivity index (χ3n) is 5.15. The molecule has 0 aliphatic rings. The minimum atomic E-state index is -2.20. The number of aliphatic hydroxyl groups is 1. The third kappa shape index (κ3) is 3.88. The van der Waals surface area contributed by atoms with Gasteiger partial charge in [0, 0.05) is 5.56 Å². The lowest BCUT2D eigenvalue weighted by Crippen LogP contribution is -2.29. The summed E-state index contributed by atoms with van der Waals surface area (Å²) in [6.45, 7) is 2.06. The first-order chi connectivity index (χ1) is 14.2. The summed E-state index contributed by atoms with van der Waals surface area (Å²) in [7, 11) is -2.20. The lowest BCUT2D eigenvalue weighted by Gasteiger charge is -2.24. The molecule has 0 fully saturated rings. The highest BCUT2D eigenvalue weighted by atomic mass is 31.2. The molecule has 29 heavy (non-hydrogen) atoms. The van der Waals surface area contributed by atoms with Crippen molar-refractivity contribution < 1.29 is 5.11 Å². The summed E-state index contributed by atoms with van der Waals surface area (Å²) in [5, 5.41) is 14.9. The standard InChI is InChI=1S/C27H23OP/c1-22-17-19-23(20-18-22)27(28)21-29(24-11-5-2-6-12-24,25-13-7-3-8-14-25)26-15-9-4-10-16-26/h2-21H,1H3/p+1/b27-21-. The third-order valence-corrected chi connectivity index (χ3v) is 9.12. The summed E-state index contributed by atoms with van der Waals surface area (Å²) < 4.78 is 0. The van der Waals surface area contributed by atoms with Crippen LogP contribution in [0.3, 0.4) is 0 Å². The van der Waals surface area contributed by atoms with Crippen LogP contribution in [0.15, 0.2) is 121 Å². The molecule has 4 aromatic carbocycles. The van der Waals surface area contributed by atoms with Gasteiger partial charge in [0.05, 0.1) is 0 Å². The molecule has 0 aliphatic heterocycles. The van der Waals surface area contributed by atoms with Crippen LogP contribution in [0.1, 0.15) is 11.1 Å². The normalized spacial score (nSPS) is 12.0. The lowest BCUT2D eigenvalue weighted by atomic mass is 10.1. The van der Waals surface area contributed by atoms with Crippen LogP contribution < -0.4 is 15.9 Å². The molecule has 0 heterocycles. The van der Waals surface area contributed by atoms with E-state index in [4.69, 9.17) is 0 Å². The zero-order chi connectivity index (χ0) is 20.1. The predicted molar refractivity (Wildman–Crippen MR) is 127 cm³/mol. The summed E-state index contributed by atoms with van der Waals surface area (Å²) >= 11 is 0. The zero-order valence-electron chi connectivity index (χ0n) is 16.4. The number of hydrogen-bond acceptors (Lipinski definition) is 1. The van der Waals surface area contributed by atoms with E-state index in [0.29, 0.717) is 5.76 Å². The first-order valence-corrected chi connectivity index (χ1v) is 11.6. The maximum absolute atomic E-state index is 11.2. The van der Waals surface area contributed by atoms with Crippen molar-refractivity contribution in [2.24, 2.45) is 0 Å². The second kappa shape index (κ2) is 8.47. The van der Waals surface area contributed by atoms with Gasteiger partial charge in [-0.05, 0) is 43.3 Å². The van der Waals surface area contributed by atoms with Gasteiger partial charge in [-0.25, -0.2) is 0 Å². The second-order valence-corrected chi connectivity index (χ2v) is 10.4. The molecule has 1 N–H and O–H groups in total. The van der Waals surface area contributed by atoms with E-state index in [-0.39, 0.29) is 0 Å². The van der Waals surface area contributed by atoms with Gasteiger partial charge in [0.2, 0.25) is 0 Å². The van der Waals surface area contributed by atoms with Gasteiger partial charge in [0.15, 0.2) is 5.76 Å². The van der Waals surface area contributed by atoms with E-state index in [2.05, 4.69) is 85.5 Å². The molecule has 0 aromatic heterocycles. The fourth-order valence-electron chi connectivity index (χ4n) is 3.64. The van der Waals surface area contributed by atoms with Crippen LogP contribution in [0.25, 0.3) is 5.76 Å². The summed E-state index contributed by atoms with van der Waals surface area (Å²) in [4.78, 5) is 0. The first kappa shape index (κ1) is 19.2. The molecule has 0 aliphatic carbocycles. The molecule has 0 saturated heterocycles. The molecule has 0 unspecified atom stereocenters. The highest BCUT2D eigenvalue weighted by Gasteiger charge is 2.44. The second-order valence-electron chi connectivity index (χ2n) is 7.11. The van der Waals surface area contributed by atoms with Gasteiger partial charge in [-0.2, -0.15) is 0 Å². The van der Waals surface area contributed by atoms with Gasteiger partial charge in [-0.15, -0.1) is 0 Å². The van der Waals surface area contributed by atoms with Crippen molar-refractivity contribution in [3.8, 4) is 0 Å². The van der Waals surface area contributed by atoms with Crippen LogP contribution in [-0.2, 0) is 0 Å². The van der Waals surface area contributed by atoms with E-state index in [1.54, 1.807) is 0 Å². The largest absolute Gasteiger partial charge is 0.504 e. The molecule has 2 heteroatoms. The van der Waals surface area contributed by atoms with E-state index < -0.39 is 7.26 Å². The van der Waals surface area contributed by atoms with Crippen LogP contribution >= 0.6 is 7.26 Å². The summed E-state index contributed by atoms with van der Waals surface area (Å²) in [5.74, 6) is 2.41. The van der Waals surface area contributed by atoms with Crippen molar-refractivity contribution in [2.75, 3.05) is 0 Å². The van der Waals surface area contributed by atoms with Gasteiger partial charge < -0.3 is 5.11 Å². The molecule has 4 aromatic rings. The van der Waals surface area contributed by atoms with Gasteiger partial charge >= 0.3 is 0 Å². The SMILES string of the molecule is Cc1ccc(/C(O)=C/[P+](c2ccccc2)(c2ccccc2)c2ccccc2)cc1. The Labute approximate surface area is 173 Å². The maximum atomic E-state index is 11.2. The van der Waals surface area contributed by atoms with Crippen LogP contribution in [0, 0.1) is 6.92 Å². The van der Waals surface area contributed by atoms with Gasteiger partial charge in [0.1, 0.15) is 29.0 Å². The molecule has 0 saturated carbocycles. The highest BCUT2D eigenvalue weighted by Crippen LogP contribution is 2.58. The van der Waals surface area contributed by atoms with Crippen molar-refractivity contribution in [1.29, 1.82) is 0 Å². The van der Waals surface area contributed by atoms with Gasteiger partial charge in [0.25, 0.3) is 0 Å². The molecule has 0 spiro atoms. The monoisotopic (exact) mass is 395 g/mol. The van der Waals surface area contributed by atoms with Crippen molar-refractivity contribution in [3.63, 3.8) is 0 Å². The maximum Gasteiger partial charge on any atom is 0.158 e. The quantitative estimate of drug-likeness (QED) is 0.332. The summed E-state index contributed by atoms with van der Waals surface area (Å²) in [6, 6.07) is 39.7. The number of aliphatic hydroxyl groups excluding tert-OH is 1. The molecule has 0 amide bonds. The molecular formula is C27H24OP+. The molecule has 0 radical (unpaired) electrons. The van der Waals surface area contributed by atoms with Crippen LogP contribution in [0.2, 0.25) is 0 Å². The Balaban J connectivity index is 2.02. The van der Waals surface area contributed by atoms with Crippen LogP contribution in [0.5, 0.6) is 0 Å². The molecule has 4 rings (SSSR count). The zero-order valence-corrected chi connectivity index (χ0v) is 17.3. The van der Waals surface area contributed by atoms with Crippen molar-refractivity contribution in [3.05, 3.63) is 132 Å². The van der Waals surface area contributed by atoms with E-state index in [9.17, 15) is 5.11 Å². The fourth-order valence-corrected chi connectivity index (χ4v) is 7.43. The molecule has 142 valence electrons. The predicted octanol–water partition coefficient (Wildman–Crippen LogP) is 5.85. The Bertz CT molecular complexity index is 989. The summed E-state index contributed by atoms with van der Waals surface area (Å²) in [6.07, 6.45) is 0. The number of hydrogen-bond donors (Lipinski definition) is 1. The Morgan fingerprint density at radius 2 is 0.966 bits per heavy atom. The lowest BCUT2D eigenvalue weighted by molar-refractivity contribution is 0.513. The Morgan fingerprint density at radius 3 is 1.34 bits per heavy atom. The van der Waals surface area contributed by atoms with E-state index >= 15 is 0 Å². The molecular weight excluding hydrogens is 371 g/mol. The topological polar surface area (TPSA) is 20.2 Å². The Morgan fingerprint density at radius 1 is 0.586 bits per heavy atom. The van der Waals surface area contributed by atoms with E-state index in [0.717, 1.165) is 5.56 Å². The fraction of sp³-hybridized carbons (Fsp3) is 0.0370. The number of rotatable bonds is 5. The molecule has 0 bridgehead atoms. The minimum Gasteiger partial charge on any atom is -0.504 e. The van der Waals surface area contributed by atoms with Crippen molar-refractivity contribution in [2.45, 2.75) is 6.92 Å². The van der Waals surface area contributed by atoms with E-state index in [1.165, 1.54) is 21.5 Å². The first-order valence-electron chi connectivity index (χ1n) is 9.74. The summed E-state index contributed by atoms with van der Waals surface area (Å²) in [5.41, 5.74) is 2.01. The van der Waals surface area contributed by atoms with Gasteiger partial charge in [-0.1, -0.05) is 84.4 Å². The van der Waals surface area contributed by atoms with E-state index in [1.807, 2.05) is 42.5 Å². The van der Waals surface area contributed by atoms with Crippen LogP contribution in [0.4, 0.5) is 0 Å². The van der Waals surface area contributed by atoms with Gasteiger partial charge in [-0.3, -0.25) is 0 Å². The Hall–Kier alpha value is -3.15. The highest BCUT2D eigenvalue weighted by molar-refractivity contribution is 7.98. The number of aryl methyl sites for hydroxylation is 1. The van der Waals surface area contributed by atoms with Crippen LogP contribution in [-0.4, -0.2) is 5.11 Å². The van der Waals surface area contributed by atoms with Crippen molar-refractivity contribution in [1.82, 2.24) is 0 Å². The average molecular weight is 395 g/mol. The smallest absolute Gasteiger partial charge is 0.158 e. The minimum absolute atomic E-state index is 0.315. The number of benzene rings is 4. The molecule has 1 nitrogen and oxygen atoms in total. The average Bonchev–Trinajstić information content (AvgIpc) is 2.79. The van der Waals surface area contributed by atoms with Crippen molar-refractivity contribution >= 4 is 28.9 Å². The Kier molecular flexibility index (Phi) is 5.60. The molecule has 0 atom stereocenters.